The van der Waals surface area contributed by atoms with Crippen molar-refractivity contribution in [3.63, 3.8) is 0 Å². The third-order valence-corrected chi connectivity index (χ3v) is 10.7. The highest BCUT2D eigenvalue weighted by molar-refractivity contribution is 5.87. The zero-order valence-electron chi connectivity index (χ0n) is 32.6. The van der Waals surface area contributed by atoms with E-state index < -0.39 is 30.9 Å². The van der Waals surface area contributed by atoms with Gasteiger partial charge in [-0.15, -0.1) is 0 Å². The van der Waals surface area contributed by atoms with Gasteiger partial charge < -0.3 is 39.9 Å². The van der Waals surface area contributed by atoms with E-state index >= 15 is 0 Å². The van der Waals surface area contributed by atoms with Crippen molar-refractivity contribution >= 4 is 24.0 Å². The van der Waals surface area contributed by atoms with Gasteiger partial charge in [-0.05, 0) is 71.9 Å². The fourth-order valence-corrected chi connectivity index (χ4v) is 7.65. The molecule has 0 bridgehead atoms. The Balaban J connectivity index is 1.09. The van der Waals surface area contributed by atoms with Gasteiger partial charge in [0.25, 0.3) is 0 Å². The molecular weight excluding hydrogens is 718 g/mol. The van der Waals surface area contributed by atoms with Crippen LogP contribution in [-0.2, 0) is 19.1 Å². The Hall–Kier alpha value is -5.66. The smallest absolute Gasteiger partial charge is 0.407 e. The molecule has 4 atom stereocenters. The number of carbonyl (C=O) groups excluding carboxylic acids is 4. The first-order valence-corrected chi connectivity index (χ1v) is 19.4. The van der Waals surface area contributed by atoms with Crippen LogP contribution in [0.4, 0.5) is 14.0 Å². The number of alkyl halides is 1. The molecule has 4 aromatic rings. The van der Waals surface area contributed by atoms with Gasteiger partial charge in [0.1, 0.15) is 31.2 Å². The predicted molar refractivity (Wildman–Crippen MR) is 210 cm³/mol. The normalized spacial score (nSPS) is 17.9. The number of alkyl carbamates (subject to hydrolysis) is 2. The molecule has 0 saturated carbocycles. The lowest BCUT2D eigenvalue weighted by molar-refractivity contribution is -0.136. The number of amides is 4. The molecule has 2 saturated heterocycles. The number of likely N-dealkylation sites (tertiary alicyclic amines) is 2. The highest BCUT2D eigenvalue weighted by Crippen LogP contribution is 2.36. The fourth-order valence-electron chi connectivity index (χ4n) is 7.65. The van der Waals surface area contributed by atoms with Crippen molar-refractivity contribution in [1.82, 2.24) is 35.4 Å². The van der Waals surface area contributed by atoms with Gasteiger partial charge in [-0.3, -0.25) is 9.59 Å². The number of H-pyrrole nitrogens is 2. The van der Waals surface area contributed by atoms with Crippen LogP contribution >= 0.6 is 0 Å². The van der Waals surface area contributed by atoms with Crippen LogP contribution in [0.5, 0.6) is 0 Å². The summed E-state index contributed by atoms with van der Waals surface area (Å²) in [6.07, 6.45) is 3.61. The number of aromatic nitrogens is 3. The zero-order valence-corrected chi connectivity index (χ0v) is 32.6. The maximum absolute atomic E-state index is 13.6. The minimum atomic E-state index is -0.810. The Morgan fingerprint density at radius 3 is 1.80 bits per heavy atom. The number of carbonyl (C=O) groups is 4. The van der Waals surface area contributed by atoms with Gasteiger partial charge in [0.05, 0.1) is 31.1 Å². The molecule has 0 spiro atoms. The van der Waals surface area contributed by atoms with Crippen LogP contribution in [0.2, 0.25) is 0 Å². The summed E-state index contributed by atoms with van der Waals surface area (Å²) in [5.41, 5.74) is 6.85. The topological polar surface area (TPSA) is 162 Å². The summed E-state index contributed by atoms with van der Waals surface area (Å²) in [5.74, 6) is 0.0694. The molecule has 2 aromatic heterocycles. The molecular formula is C42H52FN7O6. The summed E-state index contributed by atoms with van der Waals surface area (Å²) < 4.78 is 22.1. The Labute approximate surface area is 326 Å². The Kier molecular flexibility index (Phi) is 12.8. The number of hydrogen-bond acceptors (Lipinski definition) is 7. The minimum Gasteiger partial charge on any atom is -0.453 e. The van der Waals surface area contributed by atoms with E-state index in [1.165, 1.54) is 7.11 Å². The molecule has 56 heavy (non-hydrogen) atoms. The highest BCUT2D eigenvalue weighted by atomic mass is 19.1. The number of benzene rings is 2. The number of hydrogen-bond donors (Lipinski definition) is 4. The Morgan fingerprint density at radius 1 is 0.732 bits per heavy atom. The molecule has 2 aliphatic heterocycles. The van der Waals surface area contributed by atoms with Crippen molar-refractivity contribution in [1.29, 1.82) is 0 Å². The van der Waals surface area contributed by atoms with Crippen LogP contribution in [0.1, 0.15) is 77.0 Å². The molecule has 2 fully saturated rings. The van der Waals surface area contributed by atoms with Gasteiger partial charge in [-0.1, -0.05) is 76.2 Å². The summed E-state index contributed by atoms with van der Waals surface area (Å²) in [6, 6.07) is 18.8. The van der Waals surface area contributed by atoms with E-state index in [2.05, 4.69) is 62.0 Å². The number of imidazole rings is 1. The van der Waals surface area contributed by atoms with Crippen molar-refractivity contribution in [2.24, 2.45) is 11.8 Å². The molecule has 6 rings (SSSR count). The first-order chi connectivity index (χ1) is 27.0. The van der Waals surface area contributed by atoms with E-state index in [1.54, 1.807) is 11.1 Å². The van der Waals surface area contributed by atoms with Crippen LogP contribution < -0.4 is 10.6 Å². The molecule has 0 aliphatic carbocycles. The fraction of sp³-hybridized carbons (Fsp3) is 0.452. The van der Waals surface area contributed by atoms with Crippen LogP contribution in [0.3, 0.4) is 0 Å². The Bertz CT molecular complexity index is 1980. The predicted octanol–water partition coefficient (Wildman–Crippen LogP) is 7.17. The zero-order chi connectivity index (χ0) is 39.9. The van der Waals surface area contributed by atoms with Gasteiger partial charge in [0.2, 0.25) is 11.8 Å². The maximum Gasteiger partial charge on any atom is 0.407 e. The molecule has 4 heterocycles. The summed E-state index contributed by atoms with van der Waals surface area (Å²) in [6.45, 7) is 7.53. The first-order valence-electron chi connectivity index (χ1n) is 19.4. The number of aromatic amines is 2. The van der Waals surface area contributed by atoms with Crippen molar-refractivity contribution in [2.75, 3.05) is 33.5 Å². The molecule has 1 unspecified atom stereocenters. The van der Waals surface area contributed by atoms with Crippen LogP contribution in [-0.4, -0.2) is 94.3 Å². The number of nitrogens with zero attached hydrogens (tertiary/aromatic N) is 3. The van der Waals surface area contributed by atoms with E-state index in [0.29, 0.717) is 18.9 Å². The minimum absolute atomic E-state index is 0.0912. The molecule has 13 nitrogen and oxygen atoms in total. The van der Waals surface area contributed by atoms with Crippen molar-refractivity contribution < 1.29 is 33.0 Å². The van der Waals surface area contributed by atoms with E-state index in [0.717, 1.165) is 65.0 Å². The number of methoxy groups -OCH3 is 1. The lowest BCUT2D eigenvalue weighted by Crippen LogP contribution is -2.51. The van der Waals surface area contributed by atoms with Crippen LogP contribution in [0, 0.1) is 11.8 Å². The van der Waals surface area contributed by atoms with Gasteiger partial charge in [0, 0.05) is 24.5 Å². The SMILES string of the molecule is COC(=O)N[C@H](C(=O)N1CCCC1c1ccc(-c2ccc(-c3ccc(-c4cnc([C@@H]5CCCN5C(=O)[C@@H](NC(=O)OCCF)C(C)C)[nH]4)cc3)cc2)[nH]1)C(C)C. The number of ether oxygens (including phenoxy) is 2. The van der Waals surface area contributed by atoms with Gasteiger partial charge in [0.15, 0.2) is 0 Å². The van der Waals surface area contributed by atoms with Crippen molar-refractivity contribution in [3.05, 3.63) is 78.4 Å². The van der Waals surface area contributed by atoms with E-state index in [9.17, 15) is 23.6 Å². The molecule has 0 radical (unpaired) electrons. The number of rotatable bonds is 13. The molecule has 4 amide bonds. The average Bonchev–Trinajstić information content (AvgIpc) is 4.04. The van der Waals surface area contributed by atoms with Crippen LogP contribution in [0.15, 0.2) is 66.9 Å². The van der Waals surface area contributed by atoms with Gasteiger partial charge >= 0.3 is 12.2 Å². The lowest BCUT2D eigenvalue weighted by atomic mass is 10.0. The monoisotopic (exact) mass is 769 g/mol. The molecule has 2 aliphatic rings. The largest absolute Gasteiger partial charge is 0.453 e. The molecule has 14 heteroatoms. The number of nitrogens with one attached hydrogen (secondary N) is 4. The second-order valence-corrected chi connectivity index (χ2v) is 15.1. The van der Waals surface area contributed by atoms with Gasteiger partial charge in [-0.25, -0.2) is 19.0 Å². The van der Waals surface area contributed by atoms with Gasteiger partial charge in [-0.2, -0.15) is 0 Å². The van der Waals surface area contributed by atoms with Crippen LogP contribution in [0.25, 0.3) is 33.6 Å². The van der Waals surface area contributed by atoms with E-state index in [-0.39, 0.29) is 42.3 Å². The lowest BCUT2D eigenvalue weighted by Gasteiger charge is -2.30. The quantitative estimate of drug-likeness (QED) is 0.112. The average molecular weight is 770 g/mol. The van der Waals surface area contributed by atoms with E-state index in [4.69, 9.17) is 9.47 Å². The third-order valence-electron chi connectivity index (χ3n) is 10.7. The molecule has 4 N–H and O–H groups in total. The highest BCUT2D eigenvalue weighted by Gasteiger charge is 2.38. The summed E-state index contributed by atoms with van der Waals surface area (Å²) in [4.78, 5) is 66.5. The summed E-state index contributed by atoms with van der Waals surface area (Å²) >= 11 is 0. The van der Waals surface area contributed by atoms with E-state index in [1.807, 2.05) is 56.9 Å². The first kappa shape index (κ1) is 40.0. The standard InChI is InChI=1S/C42H52FN7O6/c1-25(2)36(47-41(53)55-5)39(51)49-21-6-8-34(49)32-19-18-31(45-32)29-14-10-27(11-15-29)28-12-16-30(17-13-28)33-24-44-38(46-33)35-9-7-22-50(35)40(52)37(26(3)4)48-42(54)56-23-20-43/h10-19,24-26,34-37,45H,6-9,20-23H2,1-5H3,(H,44,46)(H,47,53)(H,48,54)/t34?,35-,36-,37-/m0/s1. The second kappa shape index (κ2) is 17.9. The van der Waals surface area contributed by atoms with Crippen molar-refractivity contribution in [3.8, 4) is 33.6 Å². The molecule has 2 aromatic carbocycles. The Morgan fingerprint density at radius 2 is 1.25 bits per heavy atom. The van der Waals surface area contributed by atoms with Crippen molar-refractivity contribution in [2.45, 2.75) is 77.5 Å². The maximum atomic E-state index is 13.6. The summed E-state index contributed by atoms with van der Waals surface area (Å²) in [5, 5.41) is 5.32. The summed E-state index contributed by atoms with van der Waals surface area (Å²) in [7, 11) is 1.29. The number of halogens is 1. The third kappa shape index (κ3) is 8.90. The second-order valence-electron chi connectivity index (χ2n) is 15.1. The molecule has 298 valence electrons.